The van der Waals surface area contributed by atoms with Crippen LogP contribution in [0.25, 0.3) is 11.1 Å². The SMILES string of the molecule is C[C@@H]1NC(=O)[C@@H]2C[C@]3(C)c4cc(-c5ccc6c(c5)[C@@]5(C)C[C@H]7C(=O)N[C@@H](C)C(=O)N7[C@H]5N6)ccc4C[C@@H]3N2C1=O. The highest BCUT2D eigenvalue weighted by Crippen LogP contribution is 2.54. The zero-order valence-corrected chi connectivity index (χ0v) is 23.1. The summed E-state index contributed by atoms with van der Waals surface area (Å²) in [6, 6.07) is 11.1. The van der Waals surface area contributed by atoms with Crippen molar-refractivity contribution in [2.45, 2.75) is 94.2 Å². The van der Waals surface area contributed by atoms with E-state index < -0.39 is 24.2 Å². The van der Waals surface area contributed by atoms with Crippen molar-refractivity contribution in [1.29, 1.82) is 0 Å². The summed E-state index contributed by atoms with van der Waals surface area (Å²) in [5.74, 6) is -0.175. The number of amides is 4. The van der Waals surface area contributed by atoms with Gasteiger partial charge < -0.3 is 25.8 Å². The average molecular weight is 540 g/mol. The predicted octanol–water partition coefficient (Wildman–Crippen LogP) is 1.78. The van der Waals surface area contributed by atoms with Gasteiger partial charge in [0.2, 0.25) is 23.6 Å². The number of piperazine rings is 2. The molecule has 9 nitrogen and oxygen atoms in total. The van der Waals surface area contributed by atoms with Crippen LogP contribution in [0.2, 0.25) is 0 Å². The molecule has 40 heavy (non-hydrogen) atoms. The minimum atomic E-state index is -0.524. The molecule has 0 unspecified atom stereocenters. The molecule has 1 aliphatic carbocycles. The Morgan fingerprint density at radius 3 is 2.00 bits per heavy atom. The van der Waals surface area contributed by atoms with Crippen molar-refractivity contribution in [2.75, 3.05) is 5.32 Å². The normalized spacial score (nSPS) is 38.6. The van der Waals surface area contributed by atoms with E-state index in [1.165, 1.54) is 11.1 Å². The third-order valence-corrected chi connectivity index (χ3v) is 10.8. The average Bonchev–Trinajstić information content (AvgIpc) is 3.57. The van der Waals surface area contributed by atoms with E-state index in [2.05, 4.69) is 66.2 Å². The molecule has 8 rings (SSSR count). The third kappa shape index (κ3) is 2.78. The number of hydrogen-bond donors (Lipinski definition) is 3. The molecule has 4 saturated heterocycles. The van der Waals surface area contributed by atoms with E-state index in [-0.39, 0.29) is 46.7 Å². The first-order valence-electron chi connectivity index (χ1n) is 14.3. The molecule has 2 aromatic rings. The van der Waals surface area contributed by atoms with E-state index in [0.29, 0.717) is 12.8 Å². The summed E-state index contributed by atoms with van der Waals surface area (Å²) in [6.45, 7) is 7.85. The fourth-order valence-corrected chi connectivity index (χ4v) is 8.72. The van der Waals surface area contributed by atoms with Crippen LogP contribution in [-0.2, 0) is 36.4 Å². The molecule has 6 aliphatic rings. The molecule has 0 spiro atoms. The second-order valence-electron chi connectivity index (χ2n) is 13.1. The zero-order valence-electron chi connectivity index (χ0n) is 23.1. The number of nitrogens with one attached hydrogen (secondary N) is 3. The second-order valence-corrected chi connectivity index (χ2v) is 13.1. The molecular weight excluding hydrogens is 506 g/mol. The van der Waals surface area contributed by atoms with Crippen molar-refractivity contribution in [3.63, 3.8) is 0 Å². The van der Waals surface area contributed by atoms with E-state index >= 15 is 0 Å². The molecule has 2 aromatic carbocycles. The lowest BCUT2D eigenvalue weighted by atomic mass is 9.77. The number of nitrogens with zero attached hydrogens (tertiary/aromatic N) is 2. The minimum absolute atomic E-state index is 0.00898. The van der Waals surface area contributed by atoms with Crippen LogP contribution < -0.4 is 16.0 Å². The number of fused-ring (bicyclic) bond motifs is 10. The maximum absolute atomic E-state index is 13.1. The van der Waals surface area contributed by atoms with Gasteiger partial charge in [-0.1, -0.05) is 38.1 Å². The van der Waals surface area contributed by atoms with Crippen LogP contribution >= 0.6 is 0 Å². The Kier molecular flexibility index (Phi) is 4.46. The summed E-state index contributed by atoms with van der Waals surface area (Å²) in [5, 5.41) is 9.24. The van der Waals surface area contributed by atoms with E-state index in [1.807, 2.05) is 4.90 Å². The Balaban J connectivity index is 1.16. The van der Waals surface area contributed by atoms with Crippen molar-refractivity contribution in [2.24, 2.45) is 0 Å². The Labute approximate surface area is 232 Å². The van der Waals surface area contributed by atoms with Crippen molar-refractivity contribution in [3.05, 3.63) is 53.1 Å². The molecule has 0 aromatic heterocycles. The number of anilines is 1. The number of carbonyl (C=O) groups is 4. The van der Waals surface area contributed by atoms with Gasteiger partial charge in [-0.2, -0.15) is 0 Å². The maximum Gasteiger partial charge on any atom is 0.247 e. The molecule has 4 fully saturated rings. The highest BCUT2D eigenvalue weighted by Gasteiger charge is 2.61. The molecular formula is C31H33N5O4. The van der Waals surface area contributed by atoms with Crippen LogP contribution in [0.15, 0.2) is 36.4 Å². The Bertz CT molecular complexity index is 1460. The monoisotopic (exact) mass is 539 g/mol. The lowest BCUT2D eigenvalue weighted by Crippen LogP contribution is -2.63. The third-order valence-electron chi connectivity index (χ3n) is 10.8. The standard InChI is InChI=1S/C31H33N5O4/c1-14-27(39)35-22(25(37)32-14)12-30(3)19-9-16(5-6-18(19)11-24(30)35)17-7-8-21-20(10-17)31(4)13-23-26(38)33-15(2)28(40)36(23)29(31)34-21/h5-10,14-15,22-24,29,34H,11-13H2,1-4H3,(H,32,37)(H,33,38)/t14-,15-,22-,23-,24-,29+,30+,31+/m0/s1. The predicted molar refractivity (Wildman–Crippen MR) is 147 cm³/mol. The number of rotatable bonds is 1. The van der Waals surface area contributed by atoms with Gasteiger partial charge in [0.1, 0.15) is 30.3 Å². The fraction of sp³-hybridized carbons (Fsp3) is 0.484. The van der Waals surface area contributed by atoms with E-state index in [9.17, 15) is 19.2 Å². The van der Waals surface area contributed by atoms with Gasteiger partial charge in [-0.05, 0) is 73.1 Å². The summed E-state index contributed by atoms with van der Waals surface area (Å²) < 4.78 is 0. The first-order chi connectivity index (χ1) is 19.0. The van der Waals surface area contributed by atoms with Gasteiger partial charge in [0, 0.05) is 22.6 Å². The van der Waals surface area contributed by atoms with Crippen LogP contribution in [0.3, 0.4) is 0 Å². The minimum Gasteiger partial charge on any atom is -0.364 e. The smallest absolute Gasteiger partial charge is 0.247 e. The van der Waals surface area contributed by atoms with Crippen LogP contribution in [0.4, 0.5) is 5.69 Å². The van der Waals surface area contributed by atoms with Crippen LogP contribution in [0, 0.1) is 0 Å². The van der Waals surface area contributed by atoms with Gasteiger partial charge in [0.25, 0.3) is 0 Å². The lowest BCUT2D eigenvalue weighted by molar-refractivity contribution is -0.148. The zero-order chi connectivity index (χ0) is 27.9. The van der Waals surface area contributed by atoms with Crippen LogP contribution in [0.5, 0.6) is 0 Å². The molecule has 4 amide bonds. The number of hydrogen-bond acceptors (Lipinski definition) is 5. The molecule has 206 valence electrons. The van der Waals surface area contributed by atoms with Gasteiger partial charge in [0.05, 0.1) is 0 Å². The van der Waals surface area contributed by atoms with Gasteiger partial charge in [-0.15, -0.1) is 0 Å². The Morgan fingerprint density at radius 2 is 1.30 bits per heavy atom. The van der Waals surface area contributed by atoms with Gasteiger partial charge in [0.15, 0.2) is 0 Å². The van der Waals surface area contributed by atoms with E-state index in [0.717, 1.165) is 28.8 Å². The largest absolute Gasteiger partial charge is 0.364 e. The molecule has 5 heterocycles. The van der Waals surface area contributed by atoms with Gasteiger partial charge in [-0.25, -0.2) is 0 Å². The molecule has 5 aliphatic heterocycles. The number of benzene rings is 2. The van der Waals surface area contributed by atoms with Crippen LogP contribution in [-0.4, -0.2) is 69.8 Å². The molecule has 9 heteroatoms. The summed E-state index contributed by atoms with van der Waals surface area (Å²) in [5.41, 5.74) is 6.06. The van der Waals surface area contributed by atoms with Gasteiger partial charge >= 0.3 is 0 Å². The molecule has 8 atom stereocenters. The summed E-state index contributed by atoms with van der Waals surface area (Å²) in [6.07, 6.45) is 1.69. The first-order valence-corrected chi connectivity index (χ1v) is 14.3. The Hall–Kier alpha value is -3.88. The number of carbonyl (C=O) groups excluding carboxylic acids is 4. The molecule has 0 bridgehead atoms. The quantitative estimate of drug-likeness (QED) is 0.512. The fourth-order valence-electron chi connectivity index (χ4n) is 8.72. The summed E-state index contributed by atoms with van der Waals surface area (Å²) >= 11 is 0. The molecule has 3 N–H and O–H groups in total. The van der Waals surface area contributed by atoms with Gasteiger partial charge in [-0.3, -0.25) is 19.2 Å². The van der Waals surface area contributed by atoms with Crippen molar-refractivity contribution < 1.29 is 19.2 Å². The van der Waals surface area contributed by atoms with Crippen molar-refractivity contribution in [1.82, 2.24) is 20.4 Å². The van der Waals surface area contributed by atoms with Crippen LogP contribution in [0.1, 0.15) is 57.2 Å². The topological polar surface area (TPSA) is 111 Å². The van der Waals surface area contributed by atoms with E-state index in [1.54, 1.807) is 18.7 Å². The summed E-state index contributed by atoms with van der Waals surface area (Å²) in [4.78, 5) is 55.4. The van der Waals surface area contributed by atoms with Crippen molar-refractivity contribution in [3.8, 4) is 11.1 Å². The second kappa shape index (κ2) is 7.44. The van der Waals surface area contributed by atoms with E-state index in [4.69, 9.17) is 0 Å². The first kappa shape index (κ1) is 24.0. The highest BCUT2D eigenvalue weighted by atomic mass is 16.2. The molecule has 0 saturated carbocycles. The van der Waals surface area contributed by atoms with Crippen molar-refractivity contribution >= 4 is 29.3 Å². The lowest BCUT2D eigenvalue weighted by Gasteiger charge is -2.37. The molecule has 0 radical (unpaired) electrons. The Morgan fingerprint density at radius 1 is 0.725 bits per heavy atom. The highest BCUT2D eigenvalue weighted by molar-refractivity contribution is 5.99. The summed E-state index contributed by atoms with van der Waals surface area (Å²) in [7, 11) is 0. The maximum atomic E-state index is 13.1.